The summed E-state index contributed by atoms with van der Waals surface area (Å²) in [5.74, 6) is 0. The quantitative estimate of drug-likeness (QED) is 0.355. The summed E-state index contributed by atoms with van der Waals surface area (Å²) in [5.41, 5.74) is 3.61. The Morgan fingerprint density at radius 3 is 2.23 bits per heavy atom. The van der Waals surface area contributed by atoms with Crippen LogP contribution in [-0.4, -0.2) is 0 Å². The number of rotatable bonds is 2. The minimum absolute atomic E-state index is 0.668. The van der Waals surface area contributed by atoms with Gasteiger partial charge in [0.05, 0.1) is 0 Å². The molecule has 0 nitrogen and oxygen atoms in total. The van der Waals surface area contributed by atoms with Crippen LogP contribution < -0.4 is 0 Å². The summed E-state index contributed by atoms with van der Waals surface area (Å²) in [4.78, 5) is 0. The third-order valence-electron chi connectivity index (χ3n) is 3.39. The predicted octanol–water partition coefficient (Wildman–Crippen LogP) is 7.47. The first-order valence-electron chi connectivity index (χ1n) is 6.70. The third-order valence-corrected chi connectivity index (χ3v) is 3.83. The molecule has 0 amide bonds. The minimum atomic E-state index is -0.826. The summed E-state index contributed by atoms with van der Waals surface area (Å²) in [6.45, 7) is 2.17. The van der Waals surface area contributed by atoms with Crippen LogP contribution in [0.25, 0.3) is 21.9 Å². The summed E-state index contributed by atoms with van der Waals surface area (Å²) in [6.07, 6.45) is 1.05. The van der Waals surface area contributed by atoms with Gasteiger partial charge in [0.15, 0.2) is 0 Å². The molecule has 0 unspecified atom stereocenters. The van der Waals surface area contributed by atoms with Crippen molar-refractivity contribution in [2.75, 3.05) is 0 Å². The Morgan fingerprint density at radius 1 is 1.00 bits per heavy atom. The molecule has 0 fully saturated rings. The third kappa shape index (κ3) is 4.56. The van der Waals surface area contributed by atoms with Gasteiger partial charge in [-0.15, -0.1) is 34.5 Å². The van der Waals surface area contributed by atoms with Crippen molar-refractivity contribution in [3.8, 4) is 11.1 Å². The Hall–Kier alpha value is 0.0931. The molecule has 0 radical (unpaired) electrons. The molecule has 0 aliphatic carbocycles. The van der Waals surface area contributed by atoms with Gasteiger partial charge in [-0.2, -0.15) is 6.07 Å². The number of hydrogen-bond acceptors (Lipinski definition) is 0. The Morgan fingerprint density at radius 2 is 1.64 bits per heavy atom. The van der Waals surface area contributed by atoms with Crippen molar-refractivity contribution in [2.45, 2.75) is 13.3 Å². The Balaban J connectivity index is 0.000000545. The molecule has 0 aliphatic rings. The first-order chi connectivity index (χ1) is 10.6. The van der Waals surface area contributed by atoms with E-state index in [2.05, 4.69) is 37.3 Å². The van der Waals surface area contributed by atoms with Crippen molar-refractivity contribution in [1.29, 1.82) is 0 Å². The molecular weight excluding hydrogens is 437 g/mol. The number of benzene rings is 2. The van der Waals surface area contributed by atoms with E-state index in [4.69, 9.17) is 40.2 Å². The second-order valence-electron chi connectivity index (χ2n) is 4.76. The van der Waals surface area contributed by atoms with Gasteiger partial charge in [-0.3, -0.25) is 0 Å². The van der Waals surface area contributed by atoms with E-state index in [1.54, 1.807) is 6.07 Å². The molecule has 5 heteroatoms. The van der Waals surface area contributed by atoms with Crippen LogP contribution in [-0.2, 0) is 27.3 Å². The second kappa shape index (κ2) is 8.81. The van der Waals surface area contributed by atoms with E-state index in [0.29, 0.717) is 10.0 Å². The zero-order valence-electron chi connectivity index (χ0n) is 11.8. The first-order valence-corrected chi connectivity index (χ1v) is 13.8. The van der Waals surface area contributed by atoms with E-state index in [0.717, 1.165) is 12.0 Å². The Labute approximate surface area is 159 Å². The van der Waals surface area contributed by atoms with Crippen molar-refractivity contribution >= 4 is 51.0 Å². The van der Waals surface area contributed by atoms with Crippen LogP contribution in [0.4, 0.5) is 0 Å². The van der Waals surface area contributed by atoms with Crippen LogP contribution in [0.3, 0.4) is 0 Å². The zero-order valence-corrected chi connectivity index (χ0v) is 17.3. The fourth-order valence-corrected chi connectivity index (χ4v) is 2.99. The van der Waals surface area contributed by atoms with Gasteiger partial charge in [-0.25, -0.2) is 0 Å². The van der Waals surface area contributed by atoms with Crippen molar-refractivity contribution in [3.05, 3.63) is 64.1 Å². The van der Waals surface area contributed by atoms with Crippen LogP contribution in [0.1, 0.15) is 12.5 Å². The second-order valence-corrected chi connectivity index (χ2v) is 9.36. The van der Waals surface area contributed by atoms with Crippen LogP contribution in [0.15, 0.2) is 48.5 Å². The maximum absolute atomic E-state index is 6.10. The van der Waals surface area contributed by atoms with E-state index in [1.165, 1.54) is 21.9 Å². The van der Waals surface area contributed by atoms with Gasteiger partial charge in [0.1, 0.15) is 0 Å². The number of hydrogen-bond donors (Lipinski definition) is 0. The molecule has 0 saturated heterocycles. The van der Waals surface area contributed by atoms with Gasteiger partial charge in [0.25, 0.3) is 0 Å². The predicted molar refractivity (Wildman–Crippen MR) is 96.1 cm³/mol. The zero-order chi connectivity index (χ0) is 16.1. The van der Waals surface area contributed by atoms with Crippen LogP contribution in [0.5, 0.6) is 0 Å². The molecule has 0 saturated carbocycles. The van der Waals surface area contributed by atoms with Gasteiger partial charge >= 0.3 is 37.9 Å². The molecule has 0 aliphatic heterocycles. The summed E-state index contributed by atoms with van der Waals surface area (Å²) in [7, 11) is 9.87. The van der Waals surface area contributed by atoms with Gasteiger partial charge in [-0.1, -0.05) is 41.8 Å². The fourth-order valence-electron chi connectivity index (χ4n) is 2.46. The summed E-state index contributed by atoms with van der Waals surface area (Å²) < 4.78 is 0. The van der Waals surface area contributed by atoms with Crippen LogP contribution in [0, 0.1) is 0 Å². The molecule has 114 valence electrons. The number of fused-ring (bicyclic) bond motifs is 1. The molecule has 22 heavy (non-hydrogen) atoms. The Kier molecular flexibility index (Phi) is 7.38. The van der Waals surface area contributed by atoms with E-state index in [-0.39, 0.29) is 0 Å². The molecule has 0 bridgehead atoms. The summed E-state index contributed by atoms with van der Waals surface area (Å²) >= 11 is 11.4. The van der Waals surface area contributed by atoms with Crippen LogP contribution >= 0.6 is 40.2 Å². The molecule has 0 spiro atoms. The van der Waals surface area contributed by atoms with Gasteiger partial charge < -0.3 is 0 Å². The van der Waals surface area contributed by atoms with Crippen molar-refractivity contribution in [1.82, 2.24) is 0 Å². The van der Waals surface area contributed by atoms with Gasteiger partial charge in [0, 0.05) is 10.0 Å². The van der Waals surface area contributed by atoms with E-state index < -0.39 is 20.8 Å². The molecule has 3 aromatic carbocycles. The average molecular weight is 450 g/mol. The molecule has 0 atom stereocenters. The molecule has 0 N–H and O–H groups in total. The summed E-state index contributed by atoms with van der Waals surface area (Å²) in [5, 5.41) is 3.87. The number of aryl methyl sites for hydroxylation is 1. The molecule has 0 heterocycles. The molecule has 3 rings (SSSR count). The van der Waals surface area contributed by atoms with Crippen molar-refractivity contribution in [2.24, 2.45) is 0 Å². The molecule has 3 aromatic rings. The van der Waals surface area contributed by atoms with Crippen molar-refractivity contribution in [3.63, 3.8) is 0 Å². The maximum atomic E-state index is 6.10. The first kappa shape index (κ1) is 18.4. The van der Waals surface area contributed by atoms with E-state index in [1.807, 2.05) is 12.1 Å². The number of halogens is 4. The van der Waals surface area contributed by atoms with E-state index >= 15 is 0 Å². The average Bonchev–Trinajstić information content (AvgIpc) is 2.90. The fraction of sp³-hybridized carbons (Fsp3) is 0.118. The SMILES string of the molecule is CCc1cc2c(-c3cc(Cl)cc(Cl)c3)cccc2[cH-]1.[Cl][Zr][Cl]. The van der Waals surface area contributed by atoms with Gasteiger partial charge in [0.2, 0.25) is 0 Å². The van der Waals surface area contributed by atoms with Crippen LogP contribution in [0.2, 0.25) is 10.0 Å². The Bertz CT molecular complexity index is 744. The standard InChI is InChI=1S/C17H13Cl2.2ClH.Zr/c1-2-11-6-12-4-3-5-16(17(12)7-11)13-8-14(18)10-15(19)9-13;;;/h3-10H,2H2,1H3;2*1H;/q-1;;;+2/p-2. The summed E-state index contributed by atoms with van der Waals surface area (Å²) in [6, 6.07) is 16.5. The van der Waals surface area contributed by atoms with Gasteiger partial charge in [-0.05, 0) is 30.2 Å². The molecular formula is C17H13Cl4Zr-. The normalized spacial score (nSPS) is 10.2. The van der Waals surface area contributed by atoms with Crippen molar-refractivity contribution < 1.29 is 20.8 Å². The topological polar surface area (TPSA) is 0 Å². The monoisotopic (exact) mass is 447 g/mol. The molecule has 0 aromatic heterocycles. The van der Waals surface area contributed by atoms with E-state index in [9.17, 15) is 0 Å².